The molecular formula is C16H24N2O3. The van der Waals surface area contributed by atoms with E-state index >= 15 is 0 Å². The Labute approximate surface area is 125 Å². The highest BCUT2D eigenvalue weighted by Gasteiger charge is 2.38. The Morgan fingerprint density at radius 1 is 1.38 bits per heavy atom. The first kappa shape index (κ1) is 14.6. The van der Waals surface area contributed by atoms with Crippen LogP contribution in [0.5, 0.6) is 0 Å². The van der Waals surface area contributed by atoms with Crippen molar-refractivity contribution in [2.24, 2.45) is 5.41 Å². The van der Waals surface area contributed by atoms with Gasteiger partial charge in [-0.15, -0.1) is 0 Å². The Morgan fingerprint density at radius 3 is 2.95 bits per heavy atom. The molecule has 0 aromatic carbocycles. The third kappa shape index (κ3) is 3.30. The fourth-order valence-corrected chi connectivity index (χ4v) is 3.52. The van der Waals surface area contributed by atoms with E-state index in [1.54, 1.807) is 13.0 Å². The second-order valence-corrected chi connectivity index (χ2v) is 6.20. The molecule has 0 saturated carbocycles. The number of carbonyl (C=O) groups is 1. The summed E-state index contributed by atoms with van der Waals surface area (Å²) in [4.78, 5) is 14.0. The number of ether oxygens (including phenoxy) is 1. The molecule has 3 rings (SSSR count). The molecule has 1 aromatic rings. The molecule has 0 radical (unpaired) electrons. The second kappa shape index (κ2) is 6.20. The van der Waals surface area contributed by atoms with Gasteiger partial charge in [0.2, 0.25) is 5.76 Å². The molecule has 116 valence electrons. The molecule has 0 aliphatic carbocycles. The van der Waals surface area contributed by atoms with Crippen molar-refractivity contribution in [3.05, 3.63) is 23.7 Å². The first-order chi connectivity index (χ1) is 10.2. The van der Waals surface area contributed by atoms with Crippen LogP contribution in [0.3, 0.4) is 0 Å². The molecule has 2 saturated heterocycles. The van der Waals surface area contributed by atoms with Crippen LogP contribution in [0.1, 0.15) is 42.5 Å². The van der Waals surface area contributed by atoms with Gasteiger partial charge in [0.1, 0.15) is 5.76 Å². The smallest absolute Gasteiger partial charge is 0.374 e. The molecular weight excluding hydrogens is 268 g/mol. The average molecular weight is 292 g/mol. The third-order valence-electron chi connectivity index (χ3n) is 4.70. The number of carbonyl (C=O) groups excluding carboxylic acids is 1. The van der Waals surface area contributed by atoms with Crippen molar-refractivity contribution in [1.82, 2.24) is 10.2 Å². The van der Waals surface area contributed by atoms with E-state index in [1.165, 1.54) is 19.3 Å². The zero-order chi connectivity index (χ0) is 14.7. The highest BCUT2D eigenvalue weighted by atomic mass is 16.5. The number of likely N-dealkylation sites (tertiary alicyclic amines) is 1. The predicted octanol–water partition coefficient (Wildman–Crippen LogP) is 2.03. The van der Waals surface area contributed by atoms with E-state index in [1.807, 2.05) is 6.07 Å². The fraction of sp³-hybridized carbons (Fsp3) is 0.688. The minimum Gasteiger partial charge on any atom is -0.460 e. The van der Waals surface area contributed by atoms with Crippen LogP contribution >= 0.6 is 0 Å². The zero-order valence-corrected chi connectivity index (χ0v) is 12.7. The lowest BCUT2D eigenvalue weighted by Gasteiger charge is -2.33. The summed E-state index contributed by atoms with van der Waals surface area (Å²) in [6.45, 7) is 7.50. The molecule has 1 aromatic heterocycles. The number of rotatable bonds is 4. The minimum atomic E-state index is -0.375. The number of nitrogens with zero attached hydrogens (tertiary/aromatic N) is 1. The lowest BCUT2D eigenvalue weighted by atomic mass is 9.78. The van der Waals surface area contributed by atoms with Gasteiger partial charge in [-0.05, 0) is 63.4 Å². The summed E-state index contributed by atoms with van der Waals surface area (Å²) >= 11 is 0. The molecule has 3 heterocycles. The van der Waals surface area contributed by atoms with Crippen LogP contribution in [0.4, 0.5) is 0 Å². The van der Waals surface area contributed by atoms with E-state index in [0.29, 0.717) is 17.8 Å². The molecule has 5 heteroatoms. The highest BCUT2D eigenvalue weighted by Crippen LogP contribution is 2.39. The highest BCUT2D eigenvalue weighted by molar-refractivity contribution is 5.86. The first-order valence-electron chi connectivity index (χ1n) is 7.90. The lowest BCUT2D eigenvalue weighted by molar-refractivity contribution is 0.0486. The van der Waals surface area contributed by atoms with Gasteiger partial charge < -0.3 is 14.5 Å². The van der Waals surface area contributed by atoms with Gasteiger partial charge in [-0.25, -0.2) is 4.79 Å². The van der Waals surface area contributed by atoms with Gasteiger partial charge in [0.05, 0.1) is 13.2 Å². The molecule has 21 heavy (non-hydrogen) atoms. The summed E-state index contributed by atoms with van der Waals surface area (Å²) in [5, 5.41) is 3.44. The molecule has 1 N–H and O–H groups in total. The molecule has 5 nitrogen and oxygen atoms in total. The van der Waals surface area contributed by atoms with Gasteiger partial charge in [0.15, 0.2) is 0 Å². The van der Waals surface area contributed by atoms with E-state index < -0.39 is 0 Å². The van der Waals surface area contributed by atoms with Crippen LogP contribution in [-0.2, 0) is 11.3 Å². The van der Waals surface area contributed by atoms with Crippen LogP contribution in [0, 0.1) is 5.41 Å². The quantitative estimate of drug-likeness (QED) is 0.861. The zero-order valence-electron chi connectivity index (χ0n) is 12.7. The molecule has 0 amide bonds. The largest absolute Gasteiger partial charge is 0.460 e. The fourth-order valence-electron chi connectivity index (χ4n) is 3.52. The topological polar surface area (TPSA) is 54.7 Å². The maximum atomic E-state index is 11.6. The third-order valence-corrected chi connectivity index (χ3v) is 4.70. The predicted molar refractivity (Wildman–Crippen MR) is 79.1 cm³/mol. The van der Waals surface area contributed by atoms with Crippen molar-refractivity contribution in [2.75, 3.05) is 32.8 Å². The Kier molecular flexibility index (Phi) is 4.31. The van der Waals surface area contributed by atoms with Gasteiger partial charge in [0, 0.05) is 6.54 Å². The van der Waals surface area contributed by atoms with E-state index in [2.05, 4.69) is 10.2 Å². The van der Waals surface area contributed by atoms with Crippen LogP contribution in [0.25, 0.3) is 0 Å². The first-order valence-corrected chi connectivity index (χ1v) is 7.90. The lowest BCUT2D eigenvalue weighted by Crippen LogP contribution is -2.38. The van der Waals surface area contributed by atoms with Gasteiger partial charge in [-0.1, -0.05) is 0 Å². The number of nitrogens with one attached hydrogen (secondary N) is 1. The van der Waals surface area contributed by atoms with Gasteiger partial charge in [0.25, 0.3) is 0 Å². The van der Waals surface area contributed by atoms with Crippen LogP contribution < -0.4 is 5.32 Å². The monoisotopic (exact) mass is 292 g/mol. The minimum absolute atomic E-state index is 0.308. The molecule has 1 spiro atoms. The van der Waals surface area contributed by atoms with Crippen LogP contribution in [0.2, 0.25) is 0 Å². The number of hydrogen-bond acceptors (Lipinski definition) is 5. The number of piperidine rings is 1. The summed E-state index contributed by atoms with van der Waals surface area (Å²) in [5.41, 5.74) is 0.502. The SMILES string of the molecule is CCOC(=O)c1ccc(CN2CCC3(CCNCC3)C2)o1. The van der Waals surface area contributed by atoms with Crippen LogP contribution in [0.15, 0.2) is 16.5 Å². The molecule has 2 fully saturated rings. The number of esters is 1. The average Bonchev–Trinajstić information content (AvgIpc) is 3.09. The van der Waals surface area contributed by atoms with E-state index in [9.17, 15) is 4.79 Å². The van der Waals surface area contributed by atoms with Crippen molar-refractivity contribution >= 4 is 5.97 Å². The summed E-state index contributed by atoms with van der Waals surface area (Å²) in [5.74, 6) is 0.784. The molecule has 0 bridgehead atoms. The number of furan rings is 1. The van der Waals surface area contributed by atoms with Gasteiger partial charge in [-0.2, -0.15) is 0 Å². The summed E-state index contributed by atoms with van der Waals surface area (Å²) < 4.78 is 10.6. The van der Waals surface area contributed by atoms with Crippen molar-refractivity contribution < 1.29 is 13.9 Å². The Balaban J connectivity index is 1.56. The van der Waals surface area contributed by atoms with Crippen LogP contribution in [-0.4, -0.2) is 43.7 Å². The van der Waals surface area contributed by atoms with E-state index in [4.69, 9.17) is 9.15 Å². The normalized spacial score (nSPS) is 21.8. The van der Waals surface area contributed by atoms with Gasteiger partial charge >= 0.3 is 5.97 Å². The number of hydrogen-bond donors (Lipinski definition) is 1. The maximum absolute atomic E-state index is 11.6. The second-order valence-electron chi connectivity index (χ2n) is 6.20. The molecule has 2 aliphatic heterocycles. The van der Waals surface area contributed by atoms with Crippen molar-refractivity contribution in [3.63, 3.8) is 0 Å². The Morgan fingerprint density at radius 2 is 2.19 bits per heavy atom. The summed E-state index contributed by atoms with van der Waals surface area (Å²) in [6.07, 6.45) is 3.82. The van der Waals surface area contributed by atoms with E-state index in [-0.39, 0.29) is 5.97 Å². The van der Waals surface area contributed by atoms with Crippen molar-refractivity contribution in [3.8, 4) is 0 Å². The summed E-state index contributed by atoms with van der Waals surface area (Å²) in [6, 6.07) is 3.60. The molecule has 0 atom stereocenters. The van der Waals surface area contributed by atoms with Crippen molar-refractivity contribution in [2.45, 2.75) is 32.7 Å². The maximum Gasteiger partial charge on any atom is 0.374 e. The standard InChI is InChI=1S/C16H24N2O3/c1-2-20-15(19)14-4-3-13(21-14)11-18-10-7-16(12-18)5-8-17-9-6-16/h3-4,17H,2,5-12H2,1H3. The molecule has 0 unspecified atom stereocenters. The van der Waals surface area contributed by atoms with Gasteiger partial charge in [-0.3, -0.25) is 4.90 Å². The Bertz CT molecular complexity index is 491. The summed E-state index contributed by atoms with van der Waals surface area (Å²) in [7, 11) is 0. The van der Waals surface area contributed by atoms with E-state index in [0.717, 1.165) is 38.5 Å². The Hall–Kier alpha value is -1.33. The molecule has 2 aliphatic rings. The van der Waals surface area contributed by atoms with Crippen molar-refractivity contribution in [1.29, 1.82) is 0 Å².